The fourth-order valence-corrected chi connectivity index (χ4v) is 2.82. The second-order valence-electron chi connectivity index (χ2n) is 4.89. The van der Waals surface area contributed by atoms with E-state index in [1.807, 2.05) is 36.4 Å². The lowest BCUT2D eigenvalue weighted by Crippen LogP contribution is -2.37. The molecule has 1 aromatic carbocycles. The number of ketones is 1. The van der Waals surface area contributed by atoms with Gasteiger partial charge in [-0.3, -0.25) is 9.59 Å². The lowest BCUT2D eigenvalue weighted by molar-refractivity contribution is -0.154. The van der Waals surface area contributed by atoms with Gasteiger partial charge in [-0.05, 0) is 37.3 Å². The Labute approximate surface area is 113 Å². The summed E-state index contributed by atoms with van der Waals surface area (Å²) in [6.07, 6.45) is 4.11. The van der Waals surface area contributed by atoms with Crippen LogP contribution in [0.5, 0.6) is 0 Å². The van der Waals surface area contributed by atoms with Gasteiger partial charge in [0, 0.05) is 0 Å². The summed E-state index contributed by atoms with van der Waals surface area (Å²) in [4.78, 5) is 24.1. The van der Waals surface area contributed by atoms with Crippen molar-refractivity contribution in [1.29, 1.82) is 0 Å². The van der Waals surface area contributed by atoms with Crippen molar-refractivity contribution >= 4 is 17.8 Å². The van der Waals surface area contributed by atoms with E-state index in [0.29, 0.717) is 6.42 Å². The molecule has 0 saturated heterocycles. The molecular weight excluding hydrogens is 240 g/mol. The van der Waals surface area contributed by atoms with Gasteiger partial charge in [0.15, 0.2) is 5.78 Å². The number of carbonyl (C=O) groups excluding carboxylic acids is 2. The lowest BCUT2D eigenvalue weighted by atomic mass is 9.78. The van der Waals surface area contributed by atoms with E-state index in [-0.39, 0.29) is 5.78 Å². The number of rotatable bonds is 3. The van der Waals surface area contributed by atoms with Gasteiger partial charge in [0.25, 0.3) is 0 Å². The predicted octanol–water partition coefficient (Wildman–Crippen LogP) is 3.00. The second-order valence-corrected chi connectivity index (χ2v) is 4.89. The van der Waals surface area contributed by atoms with Crippen molar-refractivity contribution in [3.05, 3.63) is 41.5 Å². The number of hydrogen-bond donors (Lipinski definition) is 0. The lowest BCUT2D eigenvalue weighted by Gasteiger charge is -2.25. The van der Waals surface area contributed by atoms with E-state index < -0.39 is 11.4 Å². The van der Waals surface area contributed by atoms with E-state index in [1.165, 1.54) is 14.0 Å². The molecule has 1 saturated carbocycles. The first-order valence-electron chi connectivity index (χ1n) is 6.47. The van der Waals surface area contributed by atoms with Crippen molar-refractivity contribution < 1.29 is 14.3 Å². The molecule has 19 heavy (non-hydrogen) atoms. The van der Waals surface area contributed by atoms with E-state index in [2.05, 4.69) is 0 Å². The number of benzene rings is 1. The van der Waals surface area contributed by atoms with Crippen molar-refractivity contribution in [2.75, 3.05) is 7.11 Å². The minimum atomic E-state index is -1.06. The highest BCUT2D eigenvalue weighted by Crippen LogP contribution is 2.45. The highest BCUT2D eigenvalue weighted by molar-refractivity contribution is 6.07. The maximum absolute atomic E-state index is 12.1. The van der Waals surface area contributed by atoms with Crippen LogP contribution in [0.1, 0.15) is 31.7 Å². The van der Waals surface area contributed by atoms with Crippen LogP contribution in [0.15, 0.2) is 35.9 Å². The molecule has 1 aliphatic carbocycles. The van der Waals surface area contributed by atoms with Crippen LogP contribution in [-0.4, -0.2) is 18.9 Å². The van der Waals surface area contributed by atoms with Crippen molar-refractivity contribution in [3.63, 3.8) is 0 Å². The molecule has 2 rings (SSSR count). The van der Waals surface area contributed by atoms with Gasteiger partial charge in [-0.2, -0.15) is 0 Å². The normalized spacial score (nSPS) is 24.4. The van der Waals surface area contributed by atoms with Crippen molar-refractivity contribution in [1.82, 2.24) is 0 Å². The molecule has 0 amide bonds. The molecule has 1 aromatic rings. The topological polar surface area (TPSA) is 43.4 Å². The summed E-state index contributed by atoms with van der Waals surface area (Å²) in [5, 5.41) is 0. The standard InChI is InChI=1S/C16H18O3/c1-12(17)16(15(18)19-2)10-6-9-14(16)11-13-7-4-3-5-8-13/h3-5,7-8,11H,6,9-10H2,1-2H3/b14-11-. The number of Topliss-reactive ketones (excluding diaryl/α,β-unsaturated/α-hetero) is 1. The molecule has 1 aliphatic rings. The maximum atomic E-state index is 12.1. The SMILES string of the molecule is COC(=O)C1(C(C)=O)CCC/C1=C/c1ccccc1. The zero-order valence-electron chi connectivity index (χ0n) is 11.3. The zero-order chi connectivity index (χ0) is 13.9. The second kappa shape index (κ2) is 5.39. The van der Waals surface area contributed by atoms with Gasteiger partial charge in [0.05, 0.1) is 7.11 Å². The average Bonchev–Trinajstić information content (AvgIpc) is 2.83. The van der Waals surface area contributed by atoms with Gasteiger partial charge in [0.2, 0.25) is 0 Å². The largest absolute Gasteiger partial charge is 0.468 e. The number of ether oxygens (including phenoxy) is 1. The minimum absolute atomic E-state index is 0.126. The molecule has 0 bridgehead atoms. The van der Waals surface area contributed by atoms with Crippen LogP contribution < -0.4 is 0 Å². The van der Waals surface area contributed by atoms with E-state index >= 15 is 0 Å². The quantitative estimate of drug-likeness (QED) is 0.618. The predicted molar refractivity (Wildman–Crippen MR) is 73.4 cm³/mol. The van der Waals surface area contributed by atoms with E-state index in [0.717, 1.165) is 24.0 Å². The molecule has 1 fully saturated rings. The smallest absolute Gasteiger partial charge is 0.323 e. The molecule has 3 heteroatoms. The first-order chi connectivity index (χ1) is 9.11. The third-order valence-corrected chi connectivity index (χ3v) is 3.82. The number of hydrogen-bond acceptors (Lipinski definition) is 3. The molecule has 0 N–H and O–H groups in total. The minimum Gasteiger partial charge on any atom is -0.468 e. The number of carbonyl (C=O) groups is 2. The number of esters is 1. The molecule has 100 valence electrons. The molecular formula is C16H18O3. The first kappa shape index (κ1) is 13.5. The molecule has 0 aliphatic heterocycles. The maximum Gasteiger partial charge on any atom is 0.323 e. The van der Waals surface area contributed by atoms with Crippen LogP contribution in [0, 0.1) is 5.41 Å². The molecule has 0 spiro atoms. The monoisotopic (exact) mass is 258 g/mol. The Bertz CT molecular complexity index is 516. The molecule has 0 aromatic heterocycles. The summed E-state index contributed by atoms with van der Waals surface area (Å²) in [5.74, 6) is -0.557. The summed E-state index contributed by atoms with van der Waals surface area (Å²) in [7, 11) is 1.34. The Morgan fingerprint density at radius 3 is 2.53 bits per heavy atom. The van der Waals surface area contributed by atoms with Crippen LogP contribution in [0.4, 0.5) is 0 Å². The van der Waals surface area contributed by atoms with Gasteiger partial charge in [0.1, 0.15) is 5.41 Å². The van der Waals surface area contributed by atoms with Crippen LogP contribution in [0.25, 0.3) is 6.08 Å². The van der Waals surface area contributed by atoms with Crippen molar-refractivity contribution in [2.45, 2.75) is 26.2 Å². The van der Waals surface area contributed by atoms with E-state index in [9.17, 15) is 9.59 Å². The number of methoxy groups -OCH3 is 1. The van der Waals surface area contributed by atoms with Crippen LogP contribution in [0.2, 0.25) is 0 Å². The summed E-state index contributed by atoms with van der Waals surface area (Å²) in [5.41, 5.74) is 0.817. The van der Waals surface area contributed by atoms with Gasteiger partial charge in [-0.1, -0.05) is 36.4 Å². The van der Waals surface area contributed by atoms with Gasteiger partial charge >= 0.3 is 5.97 Å². The summed E-state index contributed by atoms with van der Waals surface area (Å²) >= 11 is 0. The van der Waals surface area contributed by atoms with Crippen molar-refractivity contribution in [2.24, 2.45) is 5.41 Å². The Hall–Kier alpha value is -1.90. The highest BCUT2D eigenvalue weighted by Gasteiger charge is 2.50. The Morgan fingerprint density at radius 1 is 1.26 bits per heavy atom. The van der Waals surface area contributed by atoms with Crippen LogP contribution in [-0.2, 0) is 14.3 Å². The molecule has 1 unspecified atom stereocenters. The molecule has 0 heterocycles. The van der Waals surface area contributed by atoms with Crippen LogP contribution >= 0.6 is 0 Å². The first-order valence-corrected chi connectivity index (χ1v) is 6.47. The Balaban J connectivity index is 2.46. The van der Waals surface area contributed by atoms with E-state index in [4.69, 9.17) is 4.74 Å². The summed E-state index contributed by atoms with van der Waals surface area (Å²) < 4.78 is 4.87. The fourth-order valence-electron chi connectivity index (χ4n) is 2.82. The zero-order valence-corrected chi connectivity index (χ0v) is 11.3. The highest BCUT2D eigenvalue weighted by atomic mass is 16.5. The molecule has 1 atom stereocenters. The van der Waals surface area contributed by atoms with E-state index in [1.54, 1.807) is 0 Å². The third kappa shape index (κ3) is 2.33. The van der Waals surface area contributed by atoms with Crippen molar-refractivity contribution in [3.8, 4) is 0 Å². The van der Waals surface area contributed by atoms with Gasteiger partial charge in [-0.25, -0.2) is 0 Å². The average molecular weight is 258 g/mol. The Kier molecular flexibility index (Phi) is 3.84. The molecule has 0 radical (unpaired) electrons. The van der Waals surface area contributed by atoms with Gasteiger partial charge < -0.3 is 4.74 Å². The summed E-state index contributed by atoms with van der Waals surface area (Å²) in [6, 6.07) is 9.75. The Morgan fingerprint density at radius 2 is 1.95 bits per heavy atom. The third-order valence-electron chi connectivity index (χ3n) is 3.82. The summed E-state index contributed by atoms with van der Waals surface area (Å²) in [6.45, 7) is 1.47. The van der Waals surface area contributed by atoms with Gasteiger partial charge in [-0.15, -0.1) is 0 Å². The fraction of sp³-hybridized carbons (Fsp3) is 0.375. The van der Waals surface area contributed by atoms with Crippen LogP contribution in [0.3, 0.4) is 0 Å². The molecule has 3 nitrogen and oxygen atoms in total.